The standard InChI is InChI=1S/C11H13NO/c1-8-9(2)12(11(8)13)10-6-4-3-5-7-10/h3-9H,1-2H3. The van der Waals surface area contributed by atoms with Gasteiger partial charge in [0.25, 0.3) is 0 Å². The Morgan fingerprint density at radius 3 is 2.31 bits per heavy atom. The Hall–Kier alpha value is -1.31. The Kier molecular flexibility index (Phi) is 1.83. The second kappa shape index (κ2) is 2.87. The summed E-state index contributed by atoms with van der Waals surface area (Å²) in [5.74, 6) is 0.416. The average molecular weight is 175 g/mol. The number of nitrogens with zero attached hydrogens (tertiary/aromatic N) is 1. The molecule has 68 valence electrons. The zero-order valence-corrected chi connectivity index (χ0v) is 7.90. The second-order valence-corrected chi connectivity index (χ2v) is 3.57. The molecule has 0 aromatic heterocycles. The number of hydrogen-bond acceptors (Lipinski definition) is 1. The van der Waals surface area contributed by atoms with Crippen molar-refractivity contribution in [1.82, 2.24) is 0 Å². The fraction of sp³-hybridized carbons (Fsp3) is 0.364. The molecule has 1 fully saturated rings. The van der Waals surface area contributed by atoms with E-state index in [2.05, 4.69) is 6.92 Å². The molecule has 0 saturated carbocycles. The van der Waals surface area contributed by atoms with Crippen LogP contribution in [0.25, 0.3) is 0 Å². The number of β-lactam (4-membered cyclic amide) rings is 1. The fourth-order valence-corrected chi connectivity index (χ4v) is 1.72. The lowest BCUT2D eigenvalue weighted by atomic mass is 9.90. The van der Waals surface area contributed by atoms with Crippen molar-refractivity contribution < 1.29 is 4.79 Å². The van der Waals surface area contributed by atoms with Gasteiger partial charge in [0.05, 0.1) is 5.92 Å². The van der Waals surface area contributed by atoms with Crippen molar-refractivity contribution in [2.24, 2.45) is 5.92 Å². The minimum Gasteiger partial charge on any atom is -0.309 e. The van der Waals surface area contributed by atoms with Gasteiger partial charge in [0, 0.05) is 11.7 Å². The fourth-order valence-electron chi connectivity index (χ4n) is 1.72. The molecule has 2 heteroatoms. The van der Waals surface area contributed by atoms with Gasteiger partial charge in [0.1, 0.15) is 0 Å². The molecule has 1 amide bonds. The van der Waals surface area contributed by atoms with Crippen LogP contribution in [0.1, 0.15) is 13.8 Å². The van der Waals surface area contributed by atoms with Gasteiger partial charge in [-0.15, -0.1) is 0 Å². The van der Waals surface area contributed by atoms with Crippen molar-refractivity contribution in [2.45, 2.75) is 19.9 Å². The number of amides is 1. The number of benzene rings is 1. The van der Waals surface area contributed by atoms with Gasteiger partial charge >= 0.3 is 0 Å². The molecule has 13 heavy (non-hydrogen) atoms. The van der Waals surface area contributed by atoms with Crippen LogP contribution in [0.15, 0.2) is 30.3 Å². The number of para-hydroxylation sites is 1. The smallest absolute Gasteiger partial charge is 0.232 e. The molecule has 2 unspecified atom stereocenters. The normalized spacial score (nSPS) is 27.2. The van der Waals surface area contributed by atoms with E-state index >= 15 is 0 Å². The lowest BCUT2D eigenvalue weighted by Crippen LogP contribution is -2.58. The summed E-state index contributed by atoms with van der Waals surface area (Å²) in [6, 6.07) is 10.2. The lowest BCUT2D eigenvalue weighted by Gasteiger charge is -2.43. The summed E-state index contributed by atoms with van der Waals surface area (Å²) in [5, 5.41) is 0. The highest BCUT2D eigenvalue weighted by molar-refractivity contribution is 6.02. The van der Waals surface area contributed by atoms with Crippen LogP contribution in [-0.4, -0.2) is 11.9 Å². The third kappa shape index (κ3) is 1.13. The summed E-state index contributed by atoms with van der Waals surface area (Å²) in [7, 11) is 0. The molecule has 1 heterocycles. The third-order valence-corrected chi connectivity index (χ3v) is 2.79. The van der Waals surface area contributed by atoms with Gasteiger partial charge in [-0.25, -0.2) is 0 Å². The van der Waals surface area contributed by atoms with Crippen LogP contribution in [0, 0.1) is 5.92 Å². The summed E-state index contributed by atoms with van der Waals surface area (Å²) in [5.41, 5.74) is 1.01. The first-order chi connectivity index (χ1) is 6.22. The van der Waals surface area contributed by atoms with E-state index in [1.807, 2.05) is 42.2 Å². The van der Waals surface area contributed by atoms with Crippen LogP contribution >= 0.6 is 0 Å². The van der Waals surface area contributed by atoms with Gasteiger partial charge in [-0.2, -0.15) is 0 Å². The predicted molar refractivity (Wildman–Crippen MR) is 52.6 cm³/mol. The molecule has 0 bridgehead atoms. The molecule has 1 aliphatic heterocycles. The topological polar surface area (TPSA) is 20.3 Å². The highest BCUT2D eigenvalue weighted by atomic mass is 16.2. The van der Waals surface area contributed by atoms with Crippen LogP contribution in [0.2, 0.25) is 0 Å². The van der Waals surface area contributed by atoms with Gasteiger partial charge < -0.3 is 4.90 Å². The molecular weight excluding hydrogens is 162 g/mol. The molecule has 1 aromatic carbocycles. The largest absolute Gasteiger partial charge is 0.309 e. The van der Waals surface area contributed by atoms with Crippen molar-refractivity contribution >= 4 is 11.6 Å². The molecule has 2 rings (SSSR count). The van der Waals surface area contributed by atoms with Crippen LogP contribution in [0.4, 0.5) is 5.69 Å². The maximum absolute atomic E-state index is 11.5. The van der Waals surface area contributed by atoms with E-state index < -0.39 is 0 Å². The molecule has 0 N–H and O–H groups in total. The zero-order chi connectivity index (χ0) is 9.42. The monoisotopic (exact) mass is 175 g/mol. The maximum Gasteiger partial charge on any atom is 0.232 e. The third-order valence-electron chi connectivity index (χ3n) is 2.79. The van der Waals surface area contributed by atoms with E-state index in [0.29, 0.717) is 6.04 Å². The van der Waals surface area contributed by atoms with E-state index in [9.17, 15) is 4.79 Å². The van der Waals surface area contributed by atoms with E-state index in [0.717, 1.165) is 5.69 Å². The minimum atomic E-state index is 0.181. The van der Waals surface area contributed by atoms with Crippen molar-refractivity contribution in [2.75, 3.05) is 4.90 Å². The Labute approximate surface area is 78.2 Å². The SMILES string of the molecule is CC1C(=O)N(c2ccccc2)C1C. The summed E-state index contributed by atoms with van der Waals surface area (Å²) in [4.78, 5) is 13.4. The predicted octanol–water partition coefficient (Wildman–Crippen LogP) is 2.06. The molecule has 1 aliphatic rings. The van der Waals surface area contributed by atoms with Gasteiger partial charge in [-0.05, 0) is 19.1 Å². The molecule has 1 saturated heterocycles. The van der Waals surface area contributed by atoms with E-state index in [-0.39, 0.29) is 11.8 Å². The summed E-state index contributed by atoms with van der Waals surface area (Å²) in [6.07, 6.45) is 0. The van der Waals surface area contributed by atoms with E-state index in [1.54, 1.807) is 0 Å². The van der Waals surface area contributed by atoms with Gasteiger partial charge in [-0.1, -0.05) is 25.1 Å². The number of carbonyl (C=O) groups is 1. The van der Waals surface area contributed by atoms with E-state index in [1.165, 1.54) is 0 Å². The summed E-state index contributed by atoms with van der Waals surface area (Å²) < 4.78 is 0. The quantitative estimate of drug-likeness (QED) is 0.598. The van der Waals surface area contributed by atoms with Crippen molar-refractivity contribution in [3.8, 4) is 0 Å². The Bertz CT molecular complexity index is 320. The van der Waals surface area contributed by atoms with Crippen LogP contribution in [0.5, 0.6) is 0 Å². The van der Waals surface area contributed by atoms with Gasteiger partial charge in [-0.3, -0.25) is 4.79 Å². The molecule has 0 spiro atoms. The van der Waals surface area contributed by atoms with Crippen molar-refractivity contribution in [3.63, 3.8) is 0 Å². The van der Waals surface area contributed by atoms with Gasteiger partial charge in [0.15, 0.2) is 0 Å². The molecule has 1 aromatic rings. The number of rotatable bonds is 1. The minimum absolute atomic E-state index is 0.181. The number of carbonyl (C=O) groups excluding carboxylic acids is 1. The van der Waals surface area contributed by atoms with Gasteiger partial charge in [0.2, 0.25) is 5.91 Å². The van der Waals surface area contributed by atoms with E-state index in [4.69, 9.17) is 0 Å². The van der Waals surface area contributed by atoms with Crippen LogP contribution < -0.4 is 4.90 Å². The average Bonchev–Trinajstić information content (AvgIpc) is 2.19. The first kappa shape index (κ1) is 8.30. The number of anilines is 1. The van der Waals surface area contributed by atoms with Crippen molar-refractivity contribution in [3.05, 3.63) is 30.3 Å². The molecule has 0 aliphatic carbocycles. The Morgan fingerprint density at radius 1 is 1.15 bits per heavy atom. The summed E-state index contributed by atoms with van der Waals surface area (Å²) >= 11 is 0. The maximum atomic E-state index is 11.5. The van der Waals surface area contributed by atoms with Crippen LogP contribution in [0.3, 0.4) is 0 Å². The van der Waals surface area contributed by atoms with Crippen LogP contribution in [-0.2, 0) is 4.79 Å². The molecular formula is C11H13NO. The number of hydrogen-bond donors (Lipinski definition) is 0. The molecule has 2 nitrogen and oxygen atoms in total. The Morgan fingerprint density at radius 2 is 1.77 bits per heavy atom. The molecule has 2 atom stereocenters. The first-order valence-electron chi connectivity index (χ1n) is 4.60. The summed E-state index contributed by atoms with van der Waals surface area (Å²) in [6.45, 7) is 4.06. The highest BCUT2D eigenvalue weighted by Crippen LogP contribution is 2.31. The highest BCUT2D eigenvalue weighted by Gasteiger charge is 2.41. The molecule has 0 radical (unpaired) electrons. The zero-order valence-electron chi connectivity index (χ0n) is 7.90. The second-order valence-electron chi connectivity index (χ2n) is 3.57. The lowest BCUT2D eigenvalue weighted by molar-refractivity contribution is -0.128. The Balaban J connectivity index is 2.25. The van der Waals surface area contributed by atoms with Crippen molar-refractivity contribution in [1.29, 1.82) is 0 Å². The first-order valence-corrected chi connectivity index (χ1v) is 4.60.